The summed E-state index contributed by atoms with van der Waals surface area (Å²) in [4.78, 5) is 4.36. The third kappa shape index (κ3) is 5.26. The second kappa shape index (κ2) is 7.39. The first-order chi connectivity index (χ1) is 7.72. The summed E-state index contributed by atoms with van der Waals surface area (Å²) in [5.41, 5.74) is 0. The molecule has 0 saturated heterocycles. The van der Waals surface area contributed by atoms with E-state index in [4.69, 9.17) is 4.52 Å². The number of hydrogen-bond donors (Lipinski definition) is 1. The van der Waals surface area contributed by atoms with Gasteiger partial charge in [0.2, 0.25) is 5.89 Å². The van der Waals surface area contributed by atoms with Gasteiger partial charge in [-0.2, -0.15) is 4.98 Å². The van der Waals surface area contributed by atoms with Crippen molar-refractivity contribution in [2.45, 2.75) is 58.9 Å². The van der Waals surface area contributed by atoms with E-state index in [1.807, 2.05) is 0 Å². The normalized spacial score (nSPS) is 11.2. The Balaban J connectivity index is 2.19. The monoisotopic (exact) mass is 225 g/mol. The fourth-order valence-corrected chi connectivity index (χ4v) is 1.46. The second-order valence-electron chi connectivity index (χ2n) is 4.42. The molecule has 0 aliphatic heterocycles. The maximum atomic E-state index is 5.18. The summed E-state index contributed by atoms with van der Waals surface area (Å²) in [7, 11) is 0. The molecule has 1 aromatic rings. The van der Waals surface area contributed by atoms with Crippen LogP contribution in [0.2, 0.25) is 0 Å². The molecule has 0 spiro atoms. The van der Waals surface area contributed by atoms with E-state index in [9.17, 15) is 0 Å². The molecule has 92 valence electrons. The molecule has 0 unspecified atom stereocenters. The number of rotatable bonds is 8. The first-order valence-corrected chi connectivity index (χ1v) is 6.27. The van der Waals surface area contributed by atoms with Crippen molar-refractivity contribution in [2.75, 3.05) is 6.54 Å². The Bertz CT molecular complexity index is 284. The molecule has 0 aromatic carbocycles. The molecule has 0 saturated carbocycles. The van der Waals surface area contributed by atoms with Gasteiger partial charge in [-0.1, -0.05) is 32.3 Å². The molecular weight excluding hydrogens is 202 g/mol. The molecule has 16 heavy (non-hydrogen) atoms. The van der Waals surface area contributed by atoms with E-state index < -0.39 is 0 Å². The van der Waals surface area contributed by atoms with Gasteiger partial charge < -0.3 is 9.84 Å². The quantitative estimate of drug-likeness (QED) is 0.690. The average Bonchev–Trinajstić information content (AvgIpc) is 2.69. The van der Waals surface area contributed by atoms with Gasteiger partial charge in [-0.15, -0.1) is 0 Å². The third-order valence-electron chi connectivity index (χ3n) is 2.38. The lowest BCUT2D eigenvalue weighted by Crippen LogP contribution is -2.23. The smallest absolute Gasteiger partial charge is 0.226 e. The van der Waals surface area contributed by atoms with Crippen LogP contribution in [-0.2, 0) is 12.8 Å². The molecule has 4 heteroatoms. The fraction of sp³-hybridized carbons (Fsp3) is 0.833. The maximum absolute atomic E-state index is 5.18. The highest BCUT2D eigenvalue weighted by Crippen LogP contribution is 2.04. The van der Waals surface area contributed by atoms with E-state index in [0.29, 0.717) is 6.04 Å². The van der Waals surface area contributed by atoms with Gasteiger partial charge >= 0.3 is 0 Å². The Morgan fingerprint density at radius 2 is 2.06 bits per heavy atom. The van der Waals surface area contributed by atoms with E-state index in [0.717, 1.165) is 43.9 Å². The highest BCUT2D eigenvalue weighted by atomic mass is 16.5. The molecule has 1 heterocycles. The van der Waals surface area contributed by atoms with Crippen molar-refractivity contribution in [3.05, 3.63) is 11.7 Å². The lowest BCUT2D eigenvalue weighted by Gasteiger charge is -2.05. The summed E-state index contributed by atoms with van der Waals surface area (Å²) >= 11 is 0. The van der Waals surface area contributed by atoms with Crippen LogP contribution in [0.4, 0.5) is 0 Å². The zero-order valence-corrected chi connectivity index (χ0v) is 10.6. The standard InChI is InChI=1S/C12H23N3O/c1-4-5-7-11-14-12(16-15-11)8-6-9-13-10(2)3/h10,13H,4-9H2,1-3H3. The van der Waals surface area contributed by atoms with Gasteiger partial charge in [0.15, 0.2) is 5.82 Å². The van der Waals surface area contributed by atoms with E-state index >= 15 is 0 Å². The third-order valence-corrected chi connectivity index (χ3v) is 2.38. The Morgan fingerprint density at radius 3 is 2.75 bits per heavy atom. The van der Waals surface area contributed by atoms with Crippen LogP contribution < -0.4 is 5.32 Å². The van der Waals surface area contributed by atoms with Crippen molar-refractivity contribution < 1.29 is 4.52 Å². The van der Waals surface area contributed by atoms with Crippen LogP contribution in [0.5, 0.6) is 0 Å². The van der Waals surface area contributed by atoms with Crippen molar-refractivity contribution >= 4 is 0 Å². The molecule has 0 radical (unpaired) electrons. The van der Waals surface area contributed by atoms with Crippen LogP contribution in [0.1, 0.15) is 51.7 Å². The molecule has 0 bridgehead atoms. The van der Waals surface area contributed by atoms with Gasteiger partial charge in [-0.3, -0.25) is 0 Å². The summed E-state index contributed by atoms with van der Waals surface area (Å²) < 4.78 is 5.18. The summed E-state index contributed by atoms with van der Waals surface area (Å²) in [6.45, 7) is 7.47. The molecule has 1 N–H and O–H groups in total. The molecule has 1 rings (SSSR count). The predicted molar refractivity (Wildman–Crippen MR) is 64.4 cm³/mol. The molecule has 4 nitrogen and oxygen atoms in total. The van der Waals surface area contributed by atoms with Crippen LogP contribution in [0.3, 0.4) is 0 Å². The number of aromatic nitrogens is 2. The van der Waals surface area contributed by atoms with Crippen molar-refractivity contribution in [2.24, 2.45) is 0 Å². The Kier molecular flexibility index (Phi) is 6.08. The minimum atomic E-state index is 0.544. The lowest BCUT2D eigenvalue weighted by atomic mass is 10.2. The summed E-state index contributed by atoms with van der Waals surface area (Å²) in [6, 6.07) is 0.544. The van der Waals surface area contributed by atoms with Gasteiger partial charge in [0, 0.05) is 18.9 Å². The fourth-order valence-electron chi connectivity index (χ4n) is 1.46. The Labute approximate surface area is 97.8 Å². The lowest BCUT2D eigenvalue weighted by molar-refractivity contribution is 0.368. The number of hydrogen-bond acceptors (Lipinski definition) is 4. The highest BCUT2D eigenvalue weighted by molar-refractivity contribution is 4.86. The number of nitrogens with one attached hydrogen (secondary N) is 1. The average molecular weight is 225 g/mol. The first kappa shape index (κ1) is 13.2. The molecule has 0 fully saturated rings. The Hall–Kier alpha value is -0.900. The maximum Gasteiger partial charge on any atom is 0.226 e. The zero-order valence-electron chi connectivity index (χ0n) is 10.6. The minimum absolute atomic E-state index is 0.544. The molecule has 0 amide bonds. The van der Waals surface area contributed by atoms with Crippen LogP contribution in [0.25, 0.3) is 0 Å². The van der Waals surface area contributed by atoms with E-state index in [1.165, 1.54) is 6.42 Å². The molecule has 1 aromatic heterocycles. The van der Waals surface area contributed by atoms with Crippen molar-refractivity contribution in [3.63, 3.8) is 0 Å². The van der Waals surface area contributed by atoms with Crippen LogP contribution in [-0.4, -0.2) is 22.7 Å². The topological polar surface area (TPSA) is 51.0 Å². The van der Waals surface area contributed by atoms with E-state index in [2.05, 4.69) is 36.2 Å². The summed E-state index contributed by atoms with van der Waals surface area (Å²) in [5, 5.41) is 7.33. The van der Waals surface area contributed by atoms with Crippen molar-refractivity contribution in [1.29, 1.82) is 0 Å². The number of nitrogens with zero attached hydrogens (tertiary/aromatic N) is 2. The number of aryl methyl sites for hydroxylation is 2. The van der Waals surface area contributed by atoms with Gasteiger partial charge in [-0.25, -0.2) is 0 Å². The summed E-state index contributed by atoms with van der Waals surface area (Å²) in [5.74, 6) is 1.63. The van der Waals surface area contributed by atoms with Gasteiger partial charge in [0.05, 0.1) is 0 Å². The van der Waals surface area contributed by atoms with E-state index in [1.54, 1.807) is 0 Å². The first-order valence-electron chi connectivity index (χ1n) is 6.27. The molecule has 0 atom stereocenters. The molecule has 0 aliphatic rings. The van der Waals surface area contributed by atoms with Gasteiger partial charge in [-0.05, 0) is 19.4 Å². The van der Waals surface area contributed by atoms with Crippen LogP contribution in [0, 0.1) is 0 Å². The summed E-state index contributed by atoms with van der Waals surface area (Å²) in [6.07, 6.45) is 5.16. The predicted octanol–water partition coefficient (Wildman–Crippen LogP) is 2.34. The second-order valence-corrected chi connectivity index (χ2v) is 4.42. The highest BCUT2D eigenvalue weighted by Gasteiger charge is 2.05. The molecule has 0 aliphatic carbocycles. The number of unbranched alkanes of at least 4 members (excludes halogenated alkanes) is 1. The minimum Gasteiger partial charge on any atom is -0.339 e. The van der Waals surface area contributed by atoms with Crippen molar-refractivity contribution in [3.8, 4) is 0 Å². The zero-order chi connectivity index (χ0) is 11.8. The van der Waals surface area contributed by atoms with Crippen molar-refractivity contribution in [1.82, 2.24) is 15.5 Å². The SMILES string of the molecule is CCCCc1noc(CCCNC(C)C)n1. The van der Waals surface area contributed by atoms with E-state index in [-0.39, 0.29) is 0 Å². The van der Waals surface area contributed by atoms with Gasteiger partial charge in [0.25, 0.3) is 0 Å². The van der Waals surface area contributed by atoms with Gasteiger partial charge in [0.1, 0.15) is 0 Å². The van der Waals surface area contributed by atoms with Crippen LogP contribution in [0.15, 0.2) is 4.52 Å². The van der Waals surface area contributed by atoms with Crippen LogP contribution >= 0.6 is 0 Å². The Morgan fingerprint density at radius 1 is 1.25 bits per heavy atom. The molecular formula is C12H23N3O. The largest absolute Gasteiger partial charge is 0.339 e.